The van der Waals surface area contributed by atoms with Crippen LogP contribution in [-0.4, -0.2) is 19.1 Å². The van der Waals surface area contributed by atoms with Crippen molar-refractivity contribution in [2.45, 2.75) is 0 Å². The molecule has 0 atom stereocenters. The minimum absolute atomic E-state index is 0.609. The van der Waals surface area contributed by atoms with E-state index < -0.39 is 0 Å². The molecule has 0 radical (unpaired) electrons. The Morgan fingerprint density at radius 1 is 0.338 bits per heavy atom. The van der Waals surface area contributed by atoms with Crippen LogP contribution in [0.25, 0.3) is 143 Å². The van der Waals surface area contributed by atoms with Crippen molar-refractivity contribution < 1.29 is 13.3 Å². The average Bonchev–Trinajstić information content (AvgIpc) is 4.18. The lowest BCUT2D eigenvalue weighted by molar-refractivity contribution is 0.664. The number of furan rings is 3. The summed E-state index contributed by atoms with van der Waals surface area (Å²) < 4.78 is 25.4. The number of hydrogen-bond donors (Lipinski definition) is 0. The third-order valence-corrected chi connectivity index (χ3v) is 13.4. The maximum Gasteiger partial charge on any atom is 0.180 e. The molecule has 15 aromatic rings. The largest absolute Gasteiger partial charge is 0.455 e. The zero-order chi connectivity index (χ0) is 42.3. The molecule has 7 nitrogen and oxygen atoms in total. The summed E-state index contributed by atoms with van der Waals surface area (Å²) in [6, 6.07) is 65.9. The van der Waals surface area contributed by atoms with Crippen molar-refractivity contribution in [1.82, 2.24) is 19.1 Å². The second-order valence-electron chi connectivity index (χ2n) is 16.8. The topological polar surface area (TPSA) is 75.1 Å². The number of rotatable bonds is 4. The van der Waals surface area contributed by atoms with Crippen LogP contribution < -0.4 is 0 Å². The third-order valence-electron chi connectivity index (χ3n) is 13.4. The second-order valence-corrected chi connectivity index (χ2v) is 16.8. The molecule has 0 aliphatic heterocycles. The molecule has 0 spiro atoms. The van der Waals surface area contributed by atoms with Gasteiger partial charge in [-0.2, -0.15) is 0 Å². The molecule has 0 saturated carbocycles. The fraction of sp³-hybridized carbons (Fsp3) is 0. The predicted octanol–water partition coefficient (Wildman–Crippen LogP) is 15.7. The Labute approximate surface area is 368 Å². The predicted molar refractivity (Wildman–Crippen MR) is 263 cm³/mol. The summed E-state index contributed by atoms with van der Waals surface area (Å²) in [5.74, 6) is 0. The van der Waals surface area contributed by atoms with Gasteiger partial charge in [0, 0.05) is 60.2 Å². The molecule has 15 rings (SSSR count). The highest BCUT2D eigenvalue weighted by Gasteiger charge is 2.24. The highest BCUT2D eigenvalue weighted by atomic mass is 16.3. The molecule has 0 fully saturated rings. The standard InChI is InChI=1S/C58H32N4O3/c1-3-13-34(14-4-1)61-45-23-9-7-17-41(45)50-47(61)28-26-39-37-20-11-19-36(54(37)64-56(39)50)33-25-30-49-44(31-33)53-58(63-49)52(59-32-60-53)43-22-12-21-38-40-27-29-48-51(57(40)65-55(38)43)42-18-8-10-24-46(42)62(48)35-15-5-2-6-16-35/h1-32H. The Bertz CT molecular complexity index is 4470. The van der Waals surface area contributed by atoms with Crippen LogP contribution in [0.3, 0.4) is 0 Å². The van der Waals surface area contributed by atoms with E-state index in [1.165, 1.54) is 0 Å². The molecule has 0 amide bonds. The Balaban J connectivity index is 0.905. The van der Waals surface area contributed by atoms with Crippen molar-refractivity contribution in [1.29, 1.82) is 0 Å². The lowest BCUT2D eigenvalue weighted by Gasteiger charge is -2.07. The smallest absolute Gasteiger partial charge is 0.180 e. The number of fused-ring (bicyclic) bond motifs is 17. The number of hydrogen-bond acceptors (Lipinski definition) is 5. The fourth-order valence-corrected chi connectivity index (χ4v) is 10.7. The zero-order valence-electron chi connectivity index (χ0n) is 34.5. The van der Waals surface area contributed by atoms with Gasteiger partial charge in [0.15, 0.2) is 5.58 Å². The van der Waals surface area contributed by atoms with Crippen molar-refractivity contribution in [3.63, 3.8) is 0 Å². The molecule has 0 unspecified atom stereocenters. The second kappa shape index (κ2) is 12.8. The maximum absolute atomic E-state index is 7.03. The highest BCUT2D eigenvalue weighted by Crippen LogP contribution is 2.46. The van der Waals surface area contributed by atoms with Crippen molar-refractivity contribution >= 4 is 110 Å². The van der Waals surface area contributed by atoms with Crippen LogP contribution in [0, 0.1) is 0 Å². The van der Waals surface area contributed by atoms with Crippen LogP contribution >= 0.6 is 0 Å². The van der Waals surface area contributed by atoms with Crippen LogP contribution in [0.15, 0.2) is 208 Å². The van der Waals surface area contributed by atoms with Crippen molar-refractivity contribution in [2.24, 2.45) is 0 Å². The van der Waals surface area contributed by atoms with Gasteiger partial charge in [-0.25, -0.2) is 9.97 Å². The number of para-hydroxylation sites is 6. The number of aromatic nitrogens is 4. The highest BCUT2D eigenvalue weighted by molar-refractivity contribution is 6.26. The van der Waals surface area contributed by atoms with E-state index in [2.05, 4.69) is 185 Å². The molecule has 0 saturated heterocycles. The Morgan fingerprint density at radius 3 is 1.48 bits per heavy atom. The van der Waals surface area contributed by atoms with Gasteiger partial charge in [0.2, 0.25) is 0 Å². The average molecular weight is 833 g/mol. The van der Waals surface area contributed by atoms with E-state index in [4.69, 9.17) is 23.2 Å². The van der Waals surface area contributed by atoms with Gasteiger partial charge in [-0.15, -0.1) is 0 Å². The van der Waals surface area contributed by atoms with Gasteiger partial charge in [0.1, 0.15) is 45.5 Å². The van der Waals surface area contributed by atoms with Crippen molar-refractivity contribution in [3.05, 3.63) is 194 Å². The van der Waals surface area contributed by atoms with E-state index in [9.17, 15) is 0 Å². The Hall–Kier alpha value is -8.94. The molecule has 7 heteroatoms. The number of benzene rings is 9. The van der Waals surface area contributed by atoms with Crippen molar-refractivity contribution in [3.8, 4) is 33.8 Å². The minimum atomic E-state index is 0.609. The van der Waals surface area contributed by atoms with Crippen LogP contribution in [0.1, 0.15) is 0 Å². The molecule has 0 aliphatic rings. The monoisotopic (exact) mass is 832 g/mol. The SMILES string of the molecule is c1ccc(-n2c3ccccc3c3c4oc5c(-c6ccc7oc8c(-c9cccc%10c9oc9c%10ccc%10c9c9ccccc9n%10-c9ccccc9)ncnc8c7c6)cccc5c4ccc32)cc1. The van der Waals surface area contributed by atoms with Gasteiger partial charge >= 0.3 is 0 Å². The molecule has 65 heavy (non-hydrogen) atoms. The molecule has 0 bridgehead atoms. The Morgan fingerprint density at radius 2 is 0.862 bits per heavy atom. The molecule has 9 aromatic carbocycles. The maximum atomic E-state index is 7.03. The van der Waals surface area contributed by atoms with E-state index in [-0.39, 0.29) is 0 Å². The van der Waals surface area contributed by atoms with Gasteiger partial charge in [0.25, 0.3) is 0 Å². The van der Waals surface area contributed by atoms with Crippen LogP contribution in [0.4, 0.5) is 0 Å². The summed E-state index contributed by atoms with van der Waals surface area (Å²) in [6.07, 6.45) is 1.63. The van der Waals surface area contributed by atoms with E-state index in [0.717, 1.165) is 132 Å². The lowest BCUT2D eigenvalue weighted by atomic mass is 10.0. The van der Waals surface area contributed by atoms with Gasteiger partial charge in [-0.1, -0.05) is 109 Å². The minimum Gasteiger partial charge on any atom is -0.455 e. The van der Waals surface area contributed by atoms with Crippen LogP contribution in [0.5, 0.6) is 0 Å². The summed E-state index contributed by atoms with van der Waals surface area (Å²) in [5.41, 5.74) is 15.6. The summed E-state index contributed by atoms with van der Waals surface area (Å²) in [6.45, 7) is 0. The fourth-order valence-electron chi connectivity index (χ4n) is 10.7. The third kappa shape index (κ3) is 4.68. The summed E-state index contributed by atoms with van der Waals surface area (Å²) in [5, 5.41) is 9.59. The van der Waals surface area contributed by atoms with Crippen molar-refractivity contribution in [2.75, 3.05) is 0 Å². The number of nitrogens with zero attached hydrogens (tertiary/aromatic N) is 4. The summed E-state index contributed by atoms with van der Waals surface area (Å²) in [4.78, 5) is 9.72. The molecular formula is C58H32N4O3. The normalized spacial score (nSPS) is 12.3. The van der Waals surface area contributed by atoms with E-state index in [1.54, 1.807) is 6.33 Å². The molecule has 302 valence electrons. The van der Waals surface area contributed by atoms with Gasteiger partial charge < -0.3 is 22.4 Å². The van der Waals surface area contributed by atoms with E-state index in [1.807, 2.05) is 12.1 Å². The zero-order valence-corrected chi connectivity index (χ0v) is 34.5. The quantitative estimate of drug-likeness (QED) is 0.177. The molecular weight excluding hydrogens is 801 g/mol. The molecule has 6 heterocycles. The Kier molecular flexibility index (Phi) is 6.83. The molecule has 0 N–H and O–H groups in total. The molecule has 6 aromatic heterocycles. The first-order chi connectivity index (χ1) is 32.3. The van der Waals surface area contributed by atoms with Crippen LogP contribution in [0.2, 0.25) is 0 Å². The summed E-state index contributed by atoms with van der Waals surface area (Å²) in [7, 11) is 0. The first kappa shape index (κ1) is 34.6. The summed E-state index contributed by atoms with van der Waals surface area (Å²) >= 11 is 0. The molecule has 0 aliphatic carbocycles. The lowest BCUT2D eigenvalue weighted by Crippen LogP contribution is -1.92. The first-order valence-electron chi connectivity index (χ1n) is 21.8. The van der Waals surface area contributed by atoms with Gasteiger partial charge in [-0.3, -0.25) is 0 Å². The van der Waals surface area contributed by atoms with Gasteiger partial charge in [0.05, 0.1) is 32.8 Å². The van der Waals surface area contributed by atoms with Gasteiger partial charge in [-0.05, 0) is 84.4 Å². The van der Waals surface area contributed by atoms with E-state index >= 15 is 0 Å². The first-order valence-corrected chi connectivity index (χ1v) is 21.8. The van der Waals surface area contributed by atoms with E-state index in [0.29, 0.717) is 11.3 Å². The van der Waals surface area contributed by atoms with Crippen LogP contribution in [-0.2, 0) is 0 Å².